The van der Waals surface area contributed by atoms with Gasteiger partial charge in [-0.2, -0.15) is 0 Å². The minimum Gasteiger partial charge on any atom is -0.367 e. The van der Waals surface area contributed by atoms with Crippen molar-refractivity contribution in [3.63, 3.8) is 0 Å². The molecule has 0 amide bonds. The number of nitrogens with one attached hydrogen (secondary N) is 1. The average molecular weight is 270 g/mol. The Hall–Kier alpha value is -1.87. The third-order valence-electron chi connectivity index (χ3n) is 3.83. The van der Waals surface area contributed by atoms with Crippen molar-refractivity contribution in [2.45, 2.75) is 12.6 Å². The molecule has 0 aromatic heterocycles. The van der Waals surface area contributed by atoms with E-state index in [1.54, 1.807) is 0 Å². The van der Waals surface area contributed by atoms with Crippen molar-refractivity contribution in [1.29, 1.82) is 0 Å². The Kier molecular flexibility index (Phi) is 3.97. The topological polar surface area (TPSA) is 15.3 Å². The van der Waals surface area contributed by atoms with Gasteiger partial charge >= 0.3 is 0 Å². The third kappa shape index (κ3) is 2.68. The minimum atomic E-state index is -0.324. The summed E-state index contributed by atoms with van der Waals surface area (Å²) < 4.78 is 12.9. The molecule has 0 fully saturated rings. The summed E-state index contributed by atoms with van der Waals surface area (Å²) in [5, 5.41) is 3.58. The second-order valence-corrected chi connectivity index (χ2v) is 5.11. The molecule has 1 heterocycles. The second kappa shape index (κ2) is 6.06. The van der Waals surface area contributed by atoms with Gasteiger partial charge in [0.2, 0.25) is 0 Å². The summed E-state index contributed by atoms with van der Waals surface area (Å²) in [6.45, 7) is 1.74. The van der Waals surface area contributed by atoms with Crippen LogP contribution in [0.5, 0.6) is 0 Å². The van der Waals surface area contributed by atoms with Gasteiger partial charge in [-0.3, -0.25) is 0 Å². The van der Waals surface area contributed by atoms with Gasteiger partial charge in [0, 0.05) is 25.3 Å². The van der Waals surface area contributed by atoms with Gasteiger partial charge in [-0.05, 0) is 17.2 Å². The number of alkyl halides is 1. The zero-order valence-corrected chi connectivity index (χ0v) is 11.4. The van der Waals surface area contributed by atoms with Crippen molar-refractivity contribution in [3.8, 4) is 0 Å². The van der Waals surface area contributed by atoms with Crippen LogP contribution in [0.3, 0.4) is 0 Å². The van der Waals surface area contributed by atoms with E-state index in [1.165, 1.54) is 11.1 Å². The van der Waals surface area contributed by atoms with Gasteiger partial charge in [0.05, 0.1) is 6.04 Å². The van der Waals surface area contributed by atoms with E-state index in [2.05, 4.69) is 46.6 Å². The number of rotatable bonds is 3. The number of para-hydroxylation sites is 1. The molecule has 0 saturated carbocycles. The zero-order valence-electron chi connectivity index (χ0n) is 11.4. The van der Waals surface area contributed by atoms with E-state index in [1.807, 2.05) is 18.2 Å². The first kappa shape index (κ1) is 13.1. The minimum absolute atomic E-state index is 0.232. The summed E-state index contributed by atoms with van der Waals surface area (Å²) >= 11 is 0. The number of fused-ring (bicyclic) bond motifs is 1. The molecule has 0 radical (unpaired) electrons. The third-order valence-corrected chi connectivity index (χ3v) is 3.83. The van der Waals surface area contributed by atoms with E-state index in [9.17, 15) is 4.39 Å². The van der Waals surface area contributed by atoms with Crippen LogP contribution in [0.1, 0.15) is 17.2 Å². The fourth-order valence-electron chi connectivity index (χ4n) is 2.81. The van der Waals surface area contributed by atoms with Crippen molar-refractivity contribution in [3.05, 3.63) is 65.7 Å². The molecule has 1 unspecified atom stereocenters. The van der Waals surface area contributed by atoms with Crippen LogP contribution in [0.25, 0.3) is 0 Å². The summed E-state index contributed by atoms with van der Waals surface area (Å²) in [4.78, 5) is 2.15. The molecule has 20 heavy (non-hydrogen) atoms. The van der Waals surface area contributed by atoms with Crippen LogP contribution in [0.4, 0.5) is 10.1 Å². The van der Waals surface area contributed by atoms with Gasteiger partial charge in [0.15, 0.2) is 0 Å². The molecule has 1 N–H and O–H groups in total. The Morgan fingerprint density at radius 2 is 1.80 bits per heavy atom. The van der Waals surface area contributed by atoms with Gasteiger partial charge in [0.25, 0.3) is 0 Å². The maximum absolute atomic E-state index is 12.9. The van der Waals surface area contributed by atoms with E-state index in [0.717, 1.165) is 18.8 Å². The molecule has 104 valence electrons. The monoisotopic (exact) mass is 270 g/mol. The SMILES string of the molecule is FCCN1CC(c2ccccc2)NCc2ccccc21. The molecule has 2 aromatic rings. The maximum Gasteiger partial charge on any atom is 0.107 e. The van der Waals surface area contributed by atoms with Gasteiger partial charge in [-0.25, -0.2) is 4.39 Å². The van der Waals surface area contributed by atoms with Crippen LogP contribution in [0.2, 0.25) is 0 Å². The second-order valence-electron chi connectivity index (χ2n) is 5.11. The molecular weight excluding hydrogens is 251 g/mol. The smallest absolute Gasteiger partial charge is 0.107 e. The van der Waals surface area contributed by atoms with Gasteiger partial charge in [-0.1, -0.05) is 48.5 Å². The largest absolute Gasteiger partial charge is 0.367 e. The fourth-order valence-corrected chi connectivity index (χ4v) is 2.81. The van der Waals surface area contributed by atoms with Crippen LogP contribution >= 0.6 is 0 Å². The number of benzene rings is 2. The zero-order chi connectivity index (χ0) is 13.8. The molecule has 1 atom stereocenters. The molecule has 0 bridgehead atoms. The van der Waals surface area contributed by atoms with Crippen molar-refractivity contribution in [2.75, 3.05) is 24.7 Å². The van der Waals surface area contributed by atoms with Gasteiger partial charge in [0.1, 0.15) is 6.67 Å². The predicted molar refractivity (Wildman–Crippen MR) is 80.7 cm³/mol. The molecule has 3 heteroatoms. The fraction of sp³-hybridized carbons (Fsp3) is 0.294. The lowest BCUT2D eigenvalue weighted by atomic mass is 10.1. The highest BCUT2D eigenvalue weighted by molar-refractivity contribution is 5.55. The first-order valence-corrected chi connectivity index (χ1v) is 7.05. The van der Waals surface area contributed by atoms with Crippen LogP contribution in [0, 0.1) is 0 Å². The molecule has 0 aliphatic carbocycles. The van der Waals surface area contributed by atoms with Crippen molar-refractivity contribution in [2.24, 2.45) is 0 Å². The Bertz CT molecular complexity index is 556. The van der Waals surface area contributed by atoms with Gasteiger partial charge < -0.3 is 10.2 Å². The number of nitrogens with zero attached hydrogens (tertiary/aromatic N) is 1. The van der Waals surface area contributed by atoms with Crippen LogP contribution in [-0.2, 0) is 6.54 Å². The van der Waals surface area contributed by atoms with Crippen LogP contribution in [-0.4, -0.2) is 19.8 Å². The highest BCUT2D eigenvalue weighted by Gasteiger charge is 2.21. The summed E-state index contributed by atoms with van der Waals surface area (Å²) in [6.07, 6.45) is 0. The molecule has 2 aromatic carbocycles. The Morgan fingerprint density at radius 1 is 1.05 bits per heavy atom. The van der Waals surface area contributed by atoms with E-state index in [4.69, 9.17) is 0 Å². The highest BCUT2D eigenvalue weighted by atomic mass is 19.1. The molecule has 1 aliphatic heterocycles. The molecule has 1 aliphatic rings. The average Bonchev–Trinajstić information content (AvgIpc) is 2.69. The van der Waals surface area contributed by atoms with Crippen LogP contribution in [0.15, 0.2) is 54.6 Å². The number of hydrogen-bond acceptors (Lipinski definition) is 2. The highest BCUT2D eigenvalue weighted by Crippen LogP contribution is 2.27. The molecule has 0 spiro atoms. The first-order valence-electron chi connectivity index (χ1n) is 7.05. The lowest BCUT2D eigenvalue weighted by Gasteiger charge is -2.26. The summed E-state index contributed by atoms with van der Waals surface area (Å²) in [5.41, 5.74) is 3.64. The molecule has 0 saturated heterocycles. The summed E-state index contributed by atoms with van der Waals surface area (Å²) in [7, 11) is 0. The summed E-state index contributed by atoms with van der Waals surface area (Å²) in [5.74, 6) is 0. The first-order chi connectivity index (χ1) is 9.88. The predicted octanol–water partition coefficient (Wildman–Crippen LogP) is 3.31. The van der Waals surface area contributed by atoms with E-state index < -0.39 is 0 Å². The Labute approximate surface area is 119 Å². The molecule has 2 nitrogen and oxygen atoms in total. The summed E-state index contributed by atoms with van der Waals surface area (Å²) in [6, 6.07) is 18.9. The van der Waals surface area contributed by atoms with Crippen molar-refractivity contribution < 1.29 is 4.39 Å². The maximum atomic E-state index is 12.9. The van der Waals surface area contributed by atoms with Gasteiger partial charge in [-0.15, -0.1) is 0 Å². The van der Waals surface area contributed by atoms with Crippen LogP contribution < -0.4 is 10.2 Å². The number of anilines is 1. The van der Waals surface area contributed by atoms with E-state index in [-0.39, 0.29) is 12.7 Å². The lowest BCUT2D eigenvalue weighted by Crippen LogP contribution is -2.33. The van der Waals surface area contributed by atoms with E-state index >= 15 is 0 Å². The van der Waals surface area contributed by atoms with E-state index in [0.29, 0.717) is 6.54 Å². The van der Waals surface area contributed by atoms with Crippen molar-refractivity contribution in [1.82, 2.24) is 5.32 Å². The number of halogens is 1. The standard InChI is InChI=1S/C17H19FN2/c18-10-11-20-13-16(14-6-2-1-3-7-14)19-12-15-8-4-5-9-17(15)20/h1-9,16,19H,10-13H2. The Balaban J connectivity index is 1.90. The lowest BCUT2D eigenvalue weighted by molar-refractivity contribution is 0.474. The van der Waals surface area contributed by atoms with Crippen molar-refractivity contribution >= 4 is 5.69 Å². The normalized spacial score (nSPS) is 18.4. The quantitative estimate of drug-likeness (QED) is 0.920. The number of hydrogen-bond donors (Lipinski definition) is 1. The Morgan fingerprint density at radius 3 is 2.60 bits per heavy atom. The molecular formula is C17H19FN2. The molecule has 3 rings (SSSR count).